The number of terminal acetylenes is 1. The molecule has 13 heavy (non-hydrogen) atoms. The molecular weight excluding hydrogens is 178 g/mol. The van der Waals surface area contributed by atoms with Crippen LogP contribution in [0.2, 0.25) is 0 Å². The molecule has 0 spiro atoms. The largest absolute Gasteiger partial charge is 0.301 e. The molecule has 0 radical (unpaired) electrons. The zero-order valence-corrected chi connectivity index (χ0v) is 8.81. The van der Waals surface area contributed by atoms with E-state index in [0.29, 0.717) is 0 Å². The summed E-state index contributed by atoms with van der Waals surface area (Å²) < 4.78 is 0. The average molecular weight is 193 g/mol. The van der Waals surface area contributed by atoms with Crippen molar-refractivity contribution >= 4 is 11.3 Å². The third-order valence-corrected chi connectivity index (χ3v) is 2.73. The van der Waals surface area contributed by atoms with E-state index in [1.54, 1.807) is 0 Å². The fourth-order valence-electron chi connectivity index (χ4n) is 1.20. The van der Waals surface area contributed by atoms with Crippen LogP contribution in [0.25, 0.3) is 0 Å². The van der Waals surface area contributed by atoms with Crippen molar-refractivity contribution < 1.29 is 0 Å². The highest BCUT2D eigenvalue weighted by Crippen LogP contribution is 2.10. The average Bonchev–Trinajstić information content (AvgIpc) is 2.57. The fourth-order valence-corrected chi connectivity index (χ4v) is 1.98. The molecule has 1 heterocycles. The molecule has 0 N–H and O–H groups in total. The van der Waals surface area contributed by atoms with Crippen LogP contribution in [0.1, 0.15) is 17.7 Å². The number of hydrogen-bond donors (Lipinski definition) is 0. The molecule has 0 fully saturated rings. The molecule has 2 heteroatoms. The Morgan fingerprint density at radius 1 is 1.62 bits per heavy atom. The van der Waals surface area contributed by atoms with E-state index in [-0.39, 0.29) is 0 Å². The van der Waals surface area contributed by atoms with Crippen LogP contribution in [0, 0.1) is 12.3 Å². The molecule has 0 aliphatic carbocycles. The monoisotopic (exact) mass is 193 g/mol. The summed E-state index contributed by atoms with van der Waals surface area (Å²) >= 11 is 1.81. The van der Waals surface area contributed by atoms with E-state index >= 15 is 0 Å². The smallest absolute Gasteiger partial charge is 0.0324 e. The number of rotatable bonds is 5. The zero-order valence-electron chi connectivity index (χ0n) is 7.99. The van der Waals surface area contributed by atoms with Crippen molar-refractivity contribution in [2.45, 2.75) is 19.4 Å². The Kier molecular flexibility index (Phi) is 4.59. The van der Waals surface area contributed by atoms with Gasteiger partial charge in [-0.05, 0) is 31.5 Å². The van der Waals surface area contributed by atoms with Crippen molar-refractivity contribution in [1.82, 2.24) is 4.90 Å². The Labute approximate surface area is 84.4 Å². The Morgan fingerprint density at radius 2 is 2.46 bits per heavy atom. The maximum Gasteiger partial charge on any atom is 0.0324 e. The van der Waals surface area contributed by atoms with Gasteiger partial charge in [-0.15, -0.1) is 23.7 Å². The van der Waals surface area contributed by atoms with Crippen molar-refractivity contribution in [3.05, 3.63) is 22.4 Å². The molecular formula is C11H15NS. The molecule has 0 atom stereocenters. The number of thiophene rings is 1. The lowest BCUT2D eigenvalue weighted by molar-refractivity contribution is 0.326. The summed E-state index contributed by atoms with van der Waals surface area (Å²) in [6.07, 6.45) is 7.16. The quantitative estimate of drug-likeness (QED) is 0.513. The zero-order chi connectivity index (χ0) is 9.52. The summed E-state index contributed by atoms with van der Waals surface area (Å²) in [5.74, 6) is 2.66. The van der Waals surface area contributed by atoms with E-state index in [0.717, 1.165) is 25.9 Å². The predicted octanol–water partition coefficient (Wildman–Crippen LogP) is 2.59. The second-order valence-corrected chi connectivity index (χ2v) is 4.16. The van der Waals surface area contributed by atoms with E-state index in [1.165, 1.54) is 4.88 Å². The molecule has 1 aromatic heterocycles. The van der Waals surface area contributed by atoms with E-state index in [2.05, 4.69) is 35.4 Å². The Bertz CT molecular complexity index is 258. The van der Waals surface area contributed by atoms with Gasteiger partial charge in [0, 0.05) is 17.8 Å². The maximum absolute atomic E-state index is 5.18. The maximum atomic E-state index is 5.18. The van der Waals surface area contributed by atoms with Gasteiger partial charge in [-0.2, -0.15) is 0 Å². The highest BCUT2D eigenvalue weighted by Gasteiger charge is 1.99. The first-order chi connectivity index (χ1) is 6.33. The van der Waals surface area contributed by atoms with Gasteiger partial charge in [0.25, 0.3) is 0 Å². The van der Waals surface area contributed by atoms with Crippen LogP contribution in [0.3, 0.4) is 0 Å². The van der Waals surface area contributed by atoms with E-state index in [9.17, 15) is 0 Å². The first-order valence-electron chi connectivity index (χ1n) is 4.47. The van der Waals surface area contributed by atoms with Crippen LogP contribution in [0.5, 0.6) is 0 Å². The summed E-state index contributed by atoms with van der Waals surface area (Å²) in [5.41, 5.74) is 0. The van der Waals surface area contributed by atoms with Gasteiger partial charge in [-0.1, -0.05) is 6.07 Å². The van der Waals surface area contributed by atoms with Gasteiger partial charge >= 0.3 is 0 Å². The summed E-state index contributed by atoms with van der Waals surface area (Å²) in [4.78, 5) is 3.73. The predicted molar refractivity (Wildman–Crippen MR) is 58.7 cm³/mol. The summed E-state index contributed by atoms with van der Waals surface area (Å²) in [6, 6.07) is 4.26. The molecule has 0 aliphatic heterocycles. The molecule has 70 valence electrons. The van der Waals surface area contributed by atoms with Crippen molar-refractivity contribution in [2.75, 3.05) is 13.6 Å². The first kappa shape index (κ1) is 10.3. The van der Waals surface area contributed by atoms with Crippen LogP contribution in [-0.2, 0) is 6.54 Å². The minimum absolute atomic E-state index is 0.884. The van der Waals surface area contributed by atoms with Gasteiger partial charge in [0.05, 0.1) is 0 Å². The molecule has 0 unspecified atom stereocenters. The number of hydrogen-bond acceptors (Lipinski definition) is 2. The van der Waals surface area contributed by atoms with Gasteiger partial charge in [0.2, 0.25) is 0 Å². The lowest BCUT2D eigenvalue weighted by atomic mass is 10.3. The van der Waals surface area contributed by atoms with Gasteiger partial charge in [-0.25, -0.2) is 0 Å². The van der Waals surface area contributed by atoms with E-state index in [4.69, 9.17) is 6.42 Å². The Hall–Kier alpha value is -0.780. The first-order valence-corrected chi connectivity index (χ1v) is 5.35. The number of unbranched alkanes of at least 4 members (excludes halogenated alkanes) is 1. The topological polar surface area (TPSA) is 3.24 Å². The standard InChI is InChI=1S/C11H15NS/c1-3-4-5-8-12(2)10-11-7-6-9-13-11/h1,6-7,9H,4-5,8,10H2,2H3. The van der Waals surface area contributed by atoms with Crippen LogP contribution in [0.15, 0.2) is 17.5 Å². The van der Waals surface area contributed by atoms with Crippen LogP contribution in [0.4, 0.5) is 0 Å². The summed E-state index contributed by atoms with van der Waals surface area (Å²) in [7, 11) is 2.14. The molecule has 1 nitrogen and oxygen atoms in total. The third-order valence-electron chi connectivity index (χ3n) is 1.87. The van der Waals surface area contributed by atoms with Crippen molar-refractivity contribution in [3.8, 4) is 12.3 Å². The summed E-state index contributed by atoms with van der Waals surface area (Å²) in [5, 5.41) is 2.12. The SMILES string of the molecule is C#CCCCN(C)Cc1cccs1. The molecule has 0 saturated heterocycles. The van der Waals surface area contributed by atoms with Crippen molar-refractivity contribution in [1.29, 1.82) is 0 Å². The normalized spacial score (nSPS) is 10.2. The lowest BCUT2D eigenvalue weighted by Gasteiger charge is -2.14. The van der Waals surface area contributed by atoms with Crippen LogP contribution >= 0.6 is 11.3 Å². The summed E-state index contributed by atoms with van der Waals surface area (Å²) in [6.45, 7) is 2.13. The molecule has 0 saturated carbocycles. The van der Waals surface area contributed by atoms with E-state index in [1.807, 2.05) is 11.3 Å². The van der Waals surface area contributed by atoms with Gasteiger partial charge in [0.15, 0.2) is 0 Å². The highest BCUT2D eigenvalue weighted by atomic mass is 32.1. The van der Waals surface area contributed by atoms with Crippen LogP contribution < -0.4 is 0 Å². The lowest BCUT2D eigenvalue weighted by Crippen LogP contribution is -2.18. The Morgan fingerprint density at radius 3 is 3.08 bits per heavy atom. The molecule has 1 aromatic rings. The minimum atomic E-state index is 0.884. The molecule has 1 rings (SSSR count). The number of nitrogens with zero attached hydrogens (tertiary/aromatic N) is 1. The fraction of sp³-hybridized carbons (Fsp3) is 0.455. The third kappa shape index (κ3) is 4.12. The van der Waals surface area contributed by atoms with Crippen molar-refractivity contribution in [3.63, 3.8) is 0 Å². The second kappa shape index (κ2) is 5.80. The van der Waals surface area contributed by atoms with Gasteiger partial charge in [-0.3, -0.25) is 0 Å². The molecule has 0 aromatic carbocycles. The van der Waals surface area contributed by atoms with Gasteiger partial charge in [0.1, 0.15) is 0 Å². The van der Waals surface area contributed by atoms with Crippen molar-refractivity contribution in [2.24, 2.45) is 0 Å². The second-order valence-electron chi connectivity index (χ2n) is 3.12. The van der Waals surface area contributed by atoms with Gasteiger partial charge < -0.3 is 4.90 Å². The molecule has 0 bridgehead atoms. The molecule has 0 aliphatic rings. The van der Waals surface area contributed by atoms with E-state index < -0.39 is 0 Å². The minimum Gasteiger partial charge on any atom is -0.301 e. The highest BCUT2D eigenvalue weighted by molar-refractivity contribution is 7.09. The van der Waals surface area contributed by atoms with Crippen LogP contribution in [-0.4, -0.2) is 18.5 Å². The molecule has 0 amide bonds. The Balaban J connectivity index is 2.19.